The van der Waals surface area contributed by atoms with Crippen LogP contribution in [0, 0.1) is 0 Å². The third-order valence-corrected chi connectivity index (χ3v) is 8.04. The number of nitrogens with zero attached hydrogens (tertiary/aromatic N) is 3. The van der Waals surface area contributed by atoms with Gasteiger partial charge in [-0.15, -0.1) is 11.8 Å². The van der Waals surface area contributed by atoms with Crippen molar-refractivity contribution in [1.29, 1.82) is 0 Å². The number of hydrogen-bond acceptors (Lipinski definition) is 6. The Kier molecular flexibility index (Phi) is 7.83. The molecule has 1 fully saturated rings. The molecule has 1 aliphatic rings. The first-order chi connectivity index (χ1) is 18.4. The van der Waals surface area contributed by atoms with Gasteiger partial charge in [-0.1, -0.05) is 30.1 Å². The molecule has 5 rings (SSSR count). The highest BCUT2D eigenvalue weighted by molar-refractivity contribution is 7.99. The first-order valence-corrected chi connectivity index (χ1v) is 14.0. The Morgan fingerprint density at radius 1 is 1.18 bits per heavy atom. The number of pyridine rings is 2. The highest BCUT2D eigenvalue weighted by atomic mass is 35.5. The maximum absolute atomic E-state index is 13.1. The molecule has 1 aliphatic heterocycles. The normalized spacial score (nSPS) is 15.2. The van der Waals surface area contributed by atoms with Crippen LogP contribution in [-0.4, -0.2) is 45.6 Å². The standard InChI is InChI=1S/C28H25Cl2N3O4S/c1-2-38-19-9-7-17(8-10-19)33-15-21(28(35)36)26(34)20-13-23(30)25(14-24(20)33)32-12-4-5-18(32)16-37-27-22(29)6-3-11-31-27/h3,6-11,13-15,18H,2,4-5,12,16H2,1H3,(H,35,36). The summed E-state index contributed by atoms with van der Waals surface area (Å²) in [6, 6.07) is 14.8. The van der Waals surface area contributed by atoms with Crippen molar-refractivity contribution in [3.05, 3.63) is 86.8 Å². The topological polar surface area (TPSA) is 84.7 Å². The number of benzene rings is 2. The quantitative estimate of drug-likeness (QED) is 0.241. The molecule has 3 heterocycles. The molecular weight excluding hydrogens is 545 g/mol. The molecule has 0 amide bonds. The highest BCUT2D eigenvalue weighted by Crippen LogP contribution is 2.36. The van der Waals surface area contributed by atoms with Gasteiger partial charge < -0.3 is 19.3 Å². The lowest BCUT2D eigenvalue weighted by Gasteiger charge is -2.28. The number of anilines is 1. The van der Waals surface area contributed by atoms with Gasteiger partial charge in [0.25, 0.3) is 0 Å². The second kappa shape index (κ2) is 11.3. The lowest BCUT2D eigenvalue weighted by Crippen LogP contribution is -2.34. The van der Waals surface area contributed by atoms with Gasteiger partial charge >= 0.3 is 5.97 Å². The summed E-state index contributed by atoms with van der Waals surface area (Å²) in [5.74, 6) is 0.0396. The molecule has 7 nitrogen and oxygen atoms in total. The van der Waals surface area contributed by atoms with Gasteiger partial charge in [-0.2, -0.15) is 0 Å². The summed E-state index contributed by atoms with van der Waals surface area (Å²) in [6.45, 7) is 3.21. The van der Waals surface area contributed by atoms with Gasteiger partial charge in [0, 0.05) is 34.9 Å². The van der Waals surface area contributed by atoms with Crippen LogP contribution in [0.2, 0.25) is 10.0 Å². The van der Waals surface area contributed by atoms with Crippen LogP contribution >= 0.6 is 35.0 Å². The van der Waals surface area contributed by atoms with Gasteiger partial charge in [-0.25, -0.2) is 9.78 Å². The molecule has 196 valence electrons. The number of carboxylic acid groups (broad SMARTS) is 1. The van der Waals surface area contributed by atoms with E-state index in [0.29, 0.717) is 28.0 Å². The number of carbonyl (C=O) groups is 1. The van der Waals surface area contributed by atoms with Crippen molar-refractivity contribution < 1.29 is 14.6 Å². The van der Waals surface area contributed by atoms with Crippen LogP contribution in [0.15, 0.2) is 70.6 Å². The fraction of sp³-hybridized carbons (Fsp3) is 0.250. The summed E-state index contributed by atoms with van der Waals surface area (Å²) < 4.78 is 7.68. The Balaban J connectivity index is 1.58. The van der Waals surface area contributed by atoms with Gasteiger partial charge in [0.1, 0.15) is 17.2 Å². The minimum absolute atomic E-state index is 0.0202. The molecule has 1 atom stereocenters. The van der Waals surface area contributed by atoms with E-state index in [2.05, 4.69) is 16.8 Å². The van der Waals surface area contributed by atoms with Gasteiger partial charge in [-0.05, 0) is 67.1 Å². The van der Waals surface area contributed by atoms with E-state index >= 15 is 0 Å². The molecule has 4 aromatic rings. The summed E-state index contributed by atoms with van der Waals surface area (Å²) in [5, 5.41) is 10.8. The Hall–Kier alpha value is -3.20. The van der Waals surface area contributed by atoms with Gasteiger partial charge in [0.2, 0.25) is 11.3 Å². The van der Waals surface area contributed by atoms with Crippen LogP contribution in [0.25, 0.3) is 16.6 Å². The largest absolute Gasteiger partial charge is 0.477 e. The molecule has 2 aromatic carbocycles. The zero-order valence-electron chi connectivity index (χ0n) is 20.6. The van der Waals surface area contributed by atoms with Crippen molar-refractivity contribution in [1.82, 2.24) is 9.55 Å². The number of ether oxygens (including phenoxy) is 1. The van der Waals surface area contributed by atoms with Crippen molar-refractivity contribution in [2.75, 3.05) is 23.8 Å². The zero-order chi connectivity index (χ0) is 26.8. The van der Waals surface area contributed by atoms with E-state index in [1.54, 1.807) is 40.7 Å². The fourth-order valence-electron chi connectivity index (χ4n) is 4.77. The van der Waals surface area contributed by atoms with Crippen LogP contribution in [-0.2, 0) is 0 Å². The number of aromatic nitrogens is 2. The van der Waals surface area contributed by atoms with Crippen LogP contribution in [0.3, 0.4) is 0 Å². The van der Waals surface area contributed by atoms with E-state index in [0.717, 1.165) is 41.4 Å². The summed E-state index contributed by atoms with van der Waals surface area (Å²) in [6.07, 6.45) is 4.85. The van der Waals surface area contributed by atoms with Crippen LogP contribution < -0.4 is 15.1 Å². The van der Waals surface area contributed by atoms with Crippen molar-refractivity contribution in [2.45, 2.75) is 30.7 Å². The van der Waals surface area contributed by atoms with E-state index in [9.17, 15) is 14.7 Å². The van der Waals surface area contributed by atoms with Crippen LogP contribution in [0.5, 0.6) is 5.88 Å². The summed E-state index contributed by atoms with van der Waals surface area (Å²) in [4.78, 5) is 32.5. The molecule has 0 spiro atoms. The van der Waals surface area contributed by atoms with Gasteiger partial charge in [0.15, 0.2) is 0 Å². The lowest BCUT2D eigenvalue weighted by molar-refractivity contribution is 0.0695. The third kappa shape index (κ3) is 5.21. The van der Waals surface area contributed by atoms with Crippen molar-refractivity contribution in [2.24, 2.45) is 0 Å². The van der Waals surface area contributed by atoms with Gasteiger partial charge in [-0.3, -0.25) is 4.79 Å². The van der Waals surface area contributed by atoms with Crippen LogP contribution in [0.1, 0.15) is 30.1 Å². The Morgan fingerprint density at radius 2 is 1.97 bits per heavy atom. The number of rotatable bonds is 8. The number of fused-ring (bicyclic) bond motifs is 1. The average molecular weight is 570 g/mol. The molecule has 0 bridgehead atoms. The smallest absolute Gasteiger partial charge is 0.341 e. The molecule has 0 saturated carbocycles. The van der Waals surface area contributed by atoms with E-state index < -0.39 is 11.4 Å². The molecule has 2 aromatic heterocycles. The molecule has 10 heteroatoms. The zero-order valence-corrected chi connectivity index (χ0v) is 22.9. The Bertz CT molecular complexity index is 1560. The minimum Gasteiger partial charge on any atom is -0.477 e. The maximum atomic E-state index is 13.1. The molecule has 38 heavy (non-hydrogen) atoms. The van der Waals surface area contributed by atoms with Crippen molar-refractivity contribution >= 4 is 57.5 Å². The van der Waals surface area contributed by atoms with Crippen molar-refractivity contribution in [3.63, 3.8) is 0 Å². The van der Waals surface area contributed by atoms with Gasteiger partial charge in [0.05, 0.1) is 22.3 Å². The monoisotopic (exact) mass is 569 g/mol. The predicted molar refractivity (Wildman–Crippen MR) is 153 cm³/mol. The predicted octanol–water partition coefficient (Wildman–Crippen LogP) is 6.55. The number of hydrogen-bond donors (Lipinski definition) is 1. The second-order valence-corrected chi connectivity index (χ2v) is 11.0. The molecular formula is C28H25Cl2N3O4S. The highest BCUT2D eigenvalue weighted by Gasteiger charge is 2.28. The first-order valence-electron chi connectivity index (χ1n) is 12.2. The molecule has 1 saturated heterocycles. The van der Waals surface area contributed by atoms with E-state index in [-0.39, 0.29) is 17.0 Å². The lowest BCUT2D eigenvalue weighted by atomic mass is 10.1. The van der Waals surface area contributed by atoms with Crippen molar-refractivity contribution in [3.8, 4) is 11.6 Å². The van der Waals surface area contributed by atoms with E-state index in [1.165, 1.54) is 6.20 Å². The number of halogens is 2. The average Bonchev–Trinajstić information content (AvgIpc) is 3.37. The third-order valence-electron chi connectivity index (χ3n) is 6.55. The number of thioether (sulfide) groups is 1. The molecule has 1 unspecified atom stereocenters. The second-order valence-electron chi connectivity index (χ2n) is 8.89. The maximum Gasteiger partial charge on any atom is 0.341 e. The first kappa shape index (κ1) is 26.4. The molecule has 1 N–H and O–H groups in total. The van der Waals surface area contributed by atoms with E-state index in [1.807, 2.05) is 30.3 Å². The molecule has 0 radical (unpaired) electrons. The van der Waals surface area contributed by atoms with E-state index in [4.69, 9.17) is 27.9 Å². The molecule has 0 aliphatic carbocycles. The van der Waals surface area contributed by atoms with Crippen LogP contribution in [0.4, 0.5) is 5.69 Å². The number of aromatic carboxylic acids is 1. The SMILES string of the molecule is CCSc1ccc(-n2cc(C(=O)O)c(=O)c3cc(Cl)c(N4CCCC4COc4ncccc4Cl)cc32)cc1. The fourth-order valence-corrected chi connectivity index (χ4v) is 5.88. The summed E-state index contributed by atoms with van der Waals surface area (Å²) in [7, 11) is 0. The Labute approximate surface area is 234 Å². The summed E-state index contributed by atoms with van der Waals surface area (Å²) in [5.41, 5.74) is 1.20. The Morgan fingerprint density at radius 3 is 2.68 bits per heavy atom. The minimum atomic E-state index is -1.28. The summed E-state index contributed by atoms with van der Waals surface area (Å²) >= 11 is 14.7. The number of carboxylic acids is 1.